The van der Waals surface area contributed by atoms with Crippen LogP contribution in [0.3, 0.4) is 0 Å². The van der Waals surface area contributed by atoms with Crippen molar-refractivity contribution < 1.29 is 4.74 Å². The average Bonchev–Trinajstić information content (AvgIpc) is 2.62. The number of nitrogens with two attached hydrogens (primary N) is 1. The Morgan fingerprint density at radius 3 is 3.05 bits per heavy atom. The standard InChI is InChI=1S/C15H17N3O/c16-15-10-12(6-7-17-15)11-18-8-3-9-19-14-5-2-1-4-13(14)18/h1-2,4-7,10H,3,8-9,11H2,(H2,16,17). The summed E-state index contributed by atoms with van der Waals surface area (Å²) in [5.41, 5.74) is 8.05. The van der Waals surface area contributed by atoms with Crippen LogP contribution in [-0.4, -0.2) is 18.1 Å². The first-order valence-electron chi connectivity index (χ1n) is 6.50. The molecule has 0 bridgehead atoms. The Morgan fingerprint density at radius 1 is 1.26 bits per heavy atom. The third kappa shape index (κ3) is 2.62. The lowest BCUT2D eigenvalue weighted by molar-refractivity contribution is 0.322. The molecular formula is C15H17N3O. The van der Waals surface area contributed by atoms with Gasteiger partial charge in [-0.25, -0.2) is 4.98 Å². The normalized spacial score (nSPS) is 14.4. The maximum atomic E-state index is 5.76. The molecule has 2 N–H and O–H groups in total. The number of pyridine rings is 1. The number of benzene rings is 1. The zero-order valence-corrected chi connectivity index (χ0v) is 10.7. The summed E-state index contributed by atoms with van der Waals surface area (Å²) in [4.78, 5) is 6.36. The minimum Gasteiger partial charge on any atom is -0.491 e. The van der Waals surface area contributed by atoms with Crippen molar-refractivity contribution in [2.75, 3.05) is 23.8 Å². The maximum Gasteiger partial charge on any atom is 0.142 e. The molecule has 0 amide bonds. The molecule has 0 fully saturated rings. The van der Waals surface area contributed by atoms with E-state index in [1.54, 1.807) is 6.20 Å². The second-order valence-corrected chi connectivity index (χ2v) is 4.68. The Balaban J connectivity index is 1.88. The van der Waals surface area contributed by atoms with Gasteiger partial charge in [-0.1, -0.05) is 12.1 Å². The molecule has 1 aromatic heterocycles. The second-order valence-electron chi connectivity index (χ2n) is 4.68. The summed E-state index contributed by atoms with van der Waals surface area (Å²) >= 11 is 0. The van der Waals surface area contributed by atoms with E-state index in [0.717, 1.165) is 37.6 Å². The van der Waals surface area contributed by atoms with Gasteiger partial charge in [0.05, 0.1) is 12.3 Å². The molecule has 98 valence electrons. The molecule has 2 aromatic rings. The highest BCUT2D eigenvalue weighted by molar-refractivity contribution is 5.59. The third-order valence-corrected chi connectivity index (χ3v) is 3.25. The number of anilines is 2. The molecule has 0 saturated carbocycles. The summed E-state index contributed by atoms with van der Waals surface area (Å²) in [6.07, 6.45) is 2.78. The molecule has 0 saturated heterocycles. The summed E-state index contributed by atoms with van der Waals surface area (Å²) in [7, 11) is 0. The van der Waals surface area contributed by atoms with Crippen LogP contribution in [-0.2, 0) is 6.54 Å². The first-order chi connectivity index (χ1) is 9.33. The van der Waals surface area contributed by atoms with E-state index in [1.165, 1.54) is 5.56 Å². The smallest absolute Gasteiger partial charge is 0.142 e. The van der Waals surface area contributed by atoms with Gasteiger partial charge in [0.1, 0.15) is 11.6 Å². The van der Waals surface area contributed by atoms with Crippen LogP contribution >= 0.6 is 0 Å². The number of ether oxygens (including phenoxy) is 1. The lowest BCUT2D eigenvalue weighted by Gasteiger charge is -2.23. The van der Waals surface area contributed by atoms with E-state index in [9.17, 15) is 0 Å². The molecule has 4 heteroatoms. The highest BCUT2D eigenvalue weighted by atomic mass is 16.5. The van der Waals surface area contributed by atoms with Gasteiger partial charge in [-0.2, -0.15) is 0 Å². The Labute approximate surface area is 112 Å². The van der Waals surface area contributed by atoms with Gasteiger partial charge in [-0.3, -0.25) is 0 Å². The number of nitrogen functional groups attached to an aromatic ring is 1. The molecule has 1 aromatic carbocycles. The fourth-order valence-corrected chi connectivity index (χ4v) is 2.38. The molecule has 2 heterocycles. The summed E-state index contributed by atoms with van der Waals surface area (Å²) in [5, 5.41) is 0. The van der Waals surface area contributed by atoms with Crippen molar-refractivity contribution in [2.24, 2.45) is 0 Å². The van der Waals surface area contributed by atoms with E-state index in [2.05, 4.69) is 16.0 Å². The molecule has 0 radical (unpaired) electrons. The number of hydrogen-bond acceptors (Lipinski definition) is 4. The van der Waals surface area contributed by atoms with Gasteiger partial charge >= 0.3 is 0 Å². The van der Waals surface area contributed by atoms with Crippen molar-refractivity contribution in [1.29, 1.82) is 0 Å². The Kier molecular flexibility index (Phi) is 3.23. The van der Waals surface area contributed by atoms with Gasteiger partial charge in [0, 0.05) is 19.3 Å². The average molecular weight is 255 g/mol. The van der Waals surface area contributed by atoms with Crippen molar-refractivity contribution in [1.82, 2.24) is 4.98 Å². The predicted molar refractivity (Wildman–Crippen MR) is 76.3 cm³/mol. The Bertz CT molecular complexity index is 571. The molecule has 0 unspecified atom stereocenters. The fraction of sp³-hybridized carbons (Fsp3) is 0.267. The van der Waals surface area contributed by atoms with Crippen LogP contribution in [0.4, 0.5) is 11.5 Å². The molecule has 4 nitrogen and oxygen atoms in total. The fourth-order valence-electron chi connectivity index (χ4n) is 2.38. The van der Waals surface area contributed by atoms with Crippen molar-refractivity contribution in [3.8, 4) is 5.75 Å². The van der Waals surface area contributed by atoms with E-state index in [-0.39, 0.29) is 0 Å². The van der Waals surface area contributed by atoms with Crippen LogP contribution in [0.5, 0.6) is 5.75 Å². The van der Waals surface area contributed by atoms with Crippen LogP contribution in [0.25, 0.3) is 0 Å². The quantitative estimate of drug-likeness (QED) is 0.895. The number of rotatable bonds is 2. The predicted octanol–water partition coefficient (Wildman–Crippen LogP) is 2.45. The van der Waals surface area contributed by atoms with Crippen LogP contribution < -0.4 is 15.4 Å². The van der Waals surface area contributed by atoms with Gasteiger partial charge in [-0.05, 0) is 36.2 Å². The van der Waals surface area contributed by atoms with Gasteiger partial charge in [0.15, 0.2) is 0 Å². The Hall–Kier alpha value is -2.23. The number of fused-ring (bicyclic) bond motifs is 1. The van der Waals surface area contributed by atoms with Gasteiger partial charge in [-0.15, -0.1) is 0 Å². The van der Waals surface area contributed by atoms with Crippen LogP contribution in [0.2, 0.25) is 0 Å². The van der Waals surface area contributed by atoms with Gasteiger partial charge in [0.2, 0.25) is 0 Å². The highest BCUT2D eigenvalue weighted by Gasteiger charge is 2.15. The largest absolute Gasteiger partial charge is 0.491 e. The first kappa shape index (κ1) is 11.8. The third-order valence-electron chi connectivity index (χ3n) is 3.25. The molecule has 1 aliphatic heterocycles. The first-order valence-corrected chi connectivity index (χ1v) is 6.50. The summed E-state index contributed by atoms with van der Waals surface area (Å²) in [5.74, 6) is 1.53. The van der Waals surface area contributed by atoms with E-state index < -0.39 is 0 Å². The van der Waals surface area contributed by atoms with Crippen LogP contribution in [0.1, 0.15) is 12.0 Å². The van der Waals surface area contributed by atoms with Crippen molar-refractivity contribution in [2.45, 2.75) is 13.0 Å². The summed E-state index contributed by atoms with van der Waals surface area (Å²) in [6.45, 7) is 2.58. The van der Waals surface area contributed by atoms with E-state index in [4.69, 9.17) is 10.5 Å². The van der Waals surface area contributed by atoms with Crippen LogP contribution in [0.15, 0.2) is 42.6 Å². The van der Waals surface area contributed by atoms with Crippen molar-refractivity contribution >= 4 is 11.5 Å². The molecule has 19 heavy (non-hydrogen) atoms. The second kappa shape index (κ2) is 5.18. The lowest BCUT2D eigenvalue weighted by atomic mass is 10.2. The van der Waals surface area contributed by atoms with E-state index in [1.807, 2.05) is 30.3 Å². The zero-order valence-electron chi connectivity index (χ0n) is 10.7. The van der Waals surface area contributed by atoms with E-state index >= 15 is 0 Å². The number of nitrogens with zero attached hydrogens (tertiary/aromatic N) is 2. The SMILES string of the molecule is Nc1cc(CN2CCCOc3ccccc32)ccn1. The van der Waals surface area contributed by atoms with Crippen molar-refractivity contribution in [3.63, 3.8) is 0 Å². The monoisotopic (exact) mass is 255 g/mol. The zero-order chi connectivity index (χ0) is 13.1. The number of para-hydroxylation sites is 2. The molecule has 0 atom stereocenters. The van der Waals surface area contributed by atoms with Gasteiger partial charge in [0.25, 0.3) is 0 Å². The molecule has 3 rings (SSSR count). The van der Waals surface area contributed by atoms with Crippen LogP contribution in [0, 0.1) is 0 Å². The molecule has 0 aliphatic carbocycles. The minimum atomic E-state index is 0.567. The molecular weight excluding hydrogens is 238 g/mol. The summed E-state index contributed by atoms with van der Waals surface area (Å²) < 4.78 is 5.76. The topological polar surface area (TPSA) is 51.4 Å². The Morgan fingerprint density at radius 2 is 2.16 bits per heavy atom. The van der Waals surface area contributed by atoms with E-state index in [0.29, 0.717) is 5.82 Å². The highest BCUT2D eigenvalue weighted by Crippen LogP contribution is 2.31. The molecule has 1 aliphatic rings. The lowest BCUT2D eigenvalue weighted by Crippen LogP contribution is -2.23. The summed E-state index contributed by atoms with van der Waals surface area (Å²) in [6, 6.07) is 12.1. The number of aromatic nitrogens is 1. The van der Waals surface area contributed by atoms with Crippen molar-refractivity contribution in [3.05, 3.63) is 48.2 Å². The minimum absolute atomic E-state index is 0.567. The number of hydrogen-bond donors (Lipinski definition) is 1. The maximum absolute atomic E-state index is 5.76. The molecule has 0 spiro atoms. The van der Waals surface area contributed by atoms with Gasteiger partial charge < -0.3 is 15.4 Å².